The van der Waals surface area contributed by atoms with Gasteiger partial charge < -0.3 is 15.2 Å². The van der Waals surface area contributed by atoms with Crippen LogP contribution in [0.1, 0.15) is 26.7 Å². The third kappa shape index (κ3) is 3.24. The van der Waals surface area contributed by atoms with E-state index < -0.39 is 0 Å². The summed E-state index contributed by atoms with van der Waals surface area (Å²) in [4.78, 5) is 0. The van der Waals surface area contributed by atoms with Gasteiger partial charge in [0.2, 0.25) is 0 Å². The van der Waals surface area contributed by atoms with E-state index in [0.717, 1.165) is 5.75 Å². The number of ether oxygens (including phenoxy) is 1. The highest BCUT2D eigenvalue weighted by Crippen LogP contribution is 2.40. The third-order valence-corrected chi connectivity index (χ3v) is 3.46. The van der Waals surface area contributed by atoms with Crippen LogP contribution in [0.4, 0.5) is 0 Å². The van der Waals surface area contributed by atoms with E-state index in [4.69, 9.17) is 4.74 Å². The second-order valence-corrected chi connectivity index (χ2v) is 5.49. The molecule has 1 aromatic rings. The molecule has 0 amide bonds. The molecule has 100 valence electrons. The summed E-state index contributed by atoms with van der Waals surface area (Å²) in [5.74, 6) is 1.40. The highest BCUT2D eigenvalue weighted by Gasteiger charge is 2.45. The first-order valence-electron chi connectivity index (χ1n) is 6.73. The number of benzene rings is 1. The van der Waals surface area contributed by atoms with Gasteiger partial charge in [0.05, 0.1) is 12.1 Å². The van der Waals surface area contributed by atoms with Crippen LogP contribution in [0.15, 0.2) is 30.3 Å². The van der Waals surface area contributed by atoms with Crippen LogP contribution in [0.5, 0.6) is 5.75 Å². The standard InChI is InChI=1S/C15H23NO2/c1-12(2)16-15(10-17,13-8-9-13)11-18-14-6-4-3-5-7-14/h3-7,12-13,16-17H,8-11H2,1-2H3. The number of nitrogens with one attached hydrogen (secondary N) is 1. The summed E-state index contributed by atoms with van der Waals surface area (Å²) >= 11 is 0. The fraction of sp³-hybridized carbons (Fsp3) is 0.600. The van der Waals surface area contributed by atoms with Gasteiger partial charge in [-0.05, 0) is 30.9 Å². The van der Waals surface area contributed by atoms with Crippen LogP contribution in [-0.2, 0) is 0 Å². The minimum atomic E-state index is -0.288. The molecule has 0 aromatic heterocycles. The van der Waals surface area contributed by atoms with Crippen molar-refractivity contribution in [1.29, 1.82) is 0 Å². The van der Waals surface area contributed by atoms with E-state index in [1.807, 2.05) is 30.3 Å². The maximum absolute atomic E-state index is 9.77. The molecule has 3 heteroatoms. The molecule has 1 fully saturated rings. The van der Waals surface area contributed by atoms with Crippen LogP contribution in [0.2, 0.25) is 0 Å². The molecule has 0 heterocycles. The second-order valence-electron chi connectivity index (χ2n) is 5.49. The van der Waals surface area contributed by atoms with Crippen molar-refractivity contribution in [3.05, 3.63) is 30.3 Å². The molecular weight excluding hydrogens is 226 g/mol. The lowest BCUT2D eigenvalue weighted by atomic mass is 9.94. The third-order valence-electron chi connectivity index (χ3n) is 3.46. The Morgan fingerprint density at radius 3 is 2.50 bits per heavy atom. The Morgan fingerprint density at radius 2 is 2.00 bits per heavy atom. The maximum atomic E-state index is 9.77. The number of aliphatic hydroxyl groups excluding tert-OH is 1. The highest BCUT2D eigenvalue weighted by molar-refractivity contribution is 5.21. The van der Waals surface area contributed by atoms with Crippen molar-refractivity contribution in [3.63, 3.8) is 0 Å². The van der Waals surface area contributed by atoms with Gasteiger partial charge in [-0.2, -0.15) is 0 Å². The minimum Gasteiger partial charge on any atom is -0.492 e. The molecule has 3 nitrogen and oxygen atoms in total. The Balaban J connectivity index is 2.01. The van der Waals surface area contributed by atoms with Gasteiger partial charge in [0.25, 0.3) is 0 Å². The van der Waals surface area contributed by atoms with Crippen LogP contribution in [0.25, 0.3) is 0 Å². The number of hydrogen-bond acceptors (Lipinski definition) is 3. The molecule has 0 spiro atoms. The molecule has 2 rings (SSSR count). The molecule has 0 radical (unpaired) electrons. The van der Waals surface area contributed by atoms with E-state index in [0.29, 0.717) is 18.6 Å². The zero-order chi connectivity index (χ0) is 13.0. The molecule has 1 aliphatic carbocycles. The fourth-order valence-corrected chi connectivity index (χ4v) is 2.44. The van der Waals surface area contributed by atoms with Gasteiger partial charge in [-0.1, -0.05) is 32.0 Å². The summed E-state index contributed by atoms with van der Waals surface area (Å²) in [6.07, 6.45) is 2.36. The predicted octanol–water partition coefficient (Wildman–Crippen LogP) is 2.20. The molecule has 1 saturated carbocycles. The molecule has 0 bridgehead atoms. The Hall–Kier alpha value is -1.06. The van der Waals surface area contributed by atoms with Crippen molar-refractivity contribution < 1.29 is 9.84 Å². The predicted molar refractivity (Wildman–Crippen MR) is 72.7 cm³/mol. The van der Waals surface area contributed by atoms with E-state index in [9.17, 15) is 5.11 Å². The molecule has 0 aliphatic heterocycles. The van der Waals surface area contributed by atoms with Crippen molar-refractivity contribution in [1.82, 2.24) is 5.32 Å². The van der Waals surface area contributed by atoms with E-state index >= 15 is 0 Å². The maximum Gasteiger partial charge on any atom is 0.119 e. The van der Waals surface area contributed by atoms with Gasteiger partial charge in [-0.15, -0.1) is 0 Å². The SMILES string of the molecule is CC(C)NC(CO)(COc1ccccc1)C1CC1. The van der Waals surface area contributed by atoms with Crippen molar-refractivity contribution in [2.75, 3.05) is 13.2 Å². The summed E-state index contributed by atoms with van der Waals surface area (Å²) in [5, 5.41) is 13.3. The minimum absolute atomic E-state index is 0.128. The van der Waals surface area contributed by atoms with Crippen LogP contribution < -0.4 is 10.1 Å². The van der Waals surface area contributed by atoms with E-state index in [2.05, 4.69) is 19.2 Å². The smallest absolute Gasteiger partial charge is 0.119 e. The van der Waals surface area contributed by atoms with Gasteiger partial charge in [-0.25, -0.2) is 0 Å². The molecule has 1 aliphatic rings. The largest absolute Gasteiger partial charge is 0.492 e. The van der Waals surface area contributed by atoms with Crippen molar-refractivity contribution in [2.24, 2.45) is 5.92 Å². The van der Waals surface area contributed by atoms with Gasteiger partial charge >= 0.3 is 0 Å². The summed E-state index contributed by atoms with van der Waals surface area (Å²) in [5.41, 5.74) is -0.288. The van der Waals surface area contributed by atoms with E-state index in [-0.39, 0.29) is 12.1 Å². The molecule has 2 N–H and O–H groups in total. The first-order valence-corrected chi connectivity index (χ1v) is 6.73. The van der Waals surface area contributed by atoms with E-state index in [1.54, 1.807) is 0 Å². The molecular formula is C15H23NO2. The van der Waals surface area contributed by atoms with Crippen molar-refractivity contribution in [2.45, 2.75) is 38.3 Å². The summed E-state index contributed by atoms with van der Waals surface area (Å²) in [6, 6.07) is 10.1. The van der Waals surface area contributed by atoms with Crippen LogP contribution in [0.3, 0.4) is 0 Å². The molecule has 1 unspecified atom stereocenters. The topological polar surface area (TPSA) is 41.5 Å². The quantitative estimate of drug-likeness (QED) is 0.778. The number of rotatable bonds is 7. The van der Waals surface area contributed by atoms with Crippen LogP contribution >= 0.6 is 0 Å². The summed E-state index contributed by atoms with van der Waals surface area (Å²) in [7, 11) is 0. The normalized spacial score (nSPS) is 18.7. The summed E-state index contributed by atoms with van der Waals surface area (Å²) in [6.45, 7) is 4.86. The Bertz CT molecular complexity index is 362. The first kappa shape index (κ1) is 13.4. The number of para-hydroxylation sites is 1. The van der Waals surface area contributed by atoms with Crippen molar-refractivity contribution in [3.8, 4) is 5.75 Å². The Kier molecular flexibility index (Phi) is 4.25. The van der Waals surface area contributed by atoms with Gasteiger partial charge in [0.15, 0.2) is 0 Å². The molecule has 18 heavy (non-hydrogen) atoms. The lowest BCUT2D eigenvalue weighted by molar-refractivity contribution is 0.0778. The van der Waals surface area contributed by atoms with Gasteiger partial charge in [-0.3, -0.25) is 0 Å². The second kappa shape index (κ2) is 5.72. The lowest BCUT2D eigenvalue weighted by Crippen LogP contribution is -2.57. The fourth-order valence-electron chi connectivity index (χ4n) is 2.44. The average molecular weight is 249 g/mol. The zero-order valence-corrected chi connectivity index (χ0v) is 11.2. The number of aliphatic hydroxyl groups is 1. The Morgan fingerprint density at radius 1 is 1.33 bits per heavy atom. The zero-order valence-electron chi connectivity index (χ0n) is 11.2. The Labute approximate surface area is 109 Å². The van der Waals surface area contributed by atoms with Crippen LogP contribution in [0, 0.1) is 5.92 Å². The average Bonchev–Trinajstić information content (AvgIpc) is 3.20. The van der Waals surface area contributed by atoms with Gasteiger partial charge in [0.1, 0.15) is 12.4 Å². The summed E-state index contributed by atoms with van der Waals surface area (Å²) < 4.78 is 5.84. The van der Waals surface area contributed by atoms with Crippen LogP contribution in [-0.4, -0.2) is 29.9 Å². The highest BCUT2D eigenvalue weighted by atomic mass is 16.5. The molecule has 0 saturated heterocycles. The van der Waals surface area contributed by atoms with Gasteiger partial charge in [0, 0.05) is 6.04 Å². The first-order chi connectivity index (χ1) is 8.66. The monoisotopic (exact) mass is 249 g/mol. The lowest BCUT2D eigenvalue weighted by Gasteiger charge is -2.35. The number of hydrogen-bond donors (Lipinski definition) is 2. The molecule has 1 atom stereocenters. The molecule has 1 aromatic carbocycles. The van der Waals surface area contributed by atoms with Crippen molar-refractivity contribution >= 4 is 0 Å². The van der Waals surface area contributed by atoms with E-state index in [1.165, 1.54) is 12.8 Å².